The van der Waals surface area contributed by atoms with Gasteiger partial charge in [-0.1, -0.05) is 30.7 Å². The van der Waals surface area contributed by atoms with Crippen molar-refractivity contribution in [3.63, 3.8) is 0 Å². The number of methoxy groups -OCH3 is 3. The van der Waals surface area contributed by atoms with Crippen molar-refractivity contribution in [1.29, 1.82) is 0 Å². The van der Waals surface area contributed by atoms with Crippen LogP contribution in [0.4, 0.5) is 0 Å². The summed E-state index contributed by atoms with van der Waals surface area (Å²) in [6.07, 6.45) is 5.56. The second-order valence-electron chi connectivity index (χ2n) is 9.49. The first kappa shape index (κ1) is 26.5. The van der Waals surface area contributed by atoms with E-state index in [0.717, 1.165) is 41.3 Å². The third-order valence-electron chi connectivity index (χ3n) is 7.16. The molecule has 1 heterocycles. The van der Waals surface area contributed by atoms with Crippen LogP contribution in [0.25, 0.3) is 10.9 Å². The predicted molar refractivity (Wildman–Crippen MR) is 143 cm³/mol. The second-order valence-corrected chi connectivity index (χ2v) is 9.49. The monoisotopic (exact) mass is 507 g/mol. The van der Waals surface area contributed by atoms with E-state index in [1.807, 2.05) is 47.5 Å². The van der Waals surface area contributed by atoms with Crippen molar-refractivity contribution in [2.24, 2.45) is 5.92 Å². The Hall–Kier alpha value is -3.52. The molecule has 0 aliphatic heterocycles. The number of hydrogen-bond donors (Lipinski definition) is 1. The van der Waals surface area contributed by atoms with Gasteiger partial charge in [-0.3, -0.25) is 9.59 Å². The highest BCUT2D eigenvalue weighted by atomic mass is 16.5. The van der Waals surface area contributed by atoms with Gasteiger partial charge in [-0.2, -0.15) is 0 Å². The Morgan fingerprint density at radius 2 is 1.76 bits per heavy atom. The summed E-state index contributed by atoms with van der Waals surface area (Å²) in [5.74, 6) is 1.25. The molecule has 1 saturated carbocycles. The van der Waals surface area contributed by atoms with Gasteiger partial charge in [-0.05, 0) is 48.6 Å². The van der Waals surface area contributed by atoms with Gasteiger partial charge in [0.05, 0.1) is 27.4 Å². The third-order valence-corrected chi connectivity index (χ3v) is 7.16. The van der Waals surface area contributed by atoms with E-state index in [0.29, 0.717) is 44.2 Å². The number of fused-ring (bicyclic) bond motifs is 1. The Labute approximate surface area is 218 Å². The van der Waals surface area contributed by atoms with Crippen molar-refractivity contribution in [2.75, 3.05) is 47.6 Å². The number of nitrogens with zero attached hydrogens (tertiary/aromatic N) is 2. The predicted octanol–water partition coefficient (Wildman–Crippen LogP) is 4.03. The molecule has 3 aromatic rings. The Morgan fingerprint density at radius 1 is 0.973 bits per heavy atom. The largest absolute Gasteiger partial charge is 0.493 e. The minimum absolute atomic E-state index is 0.0233. The molecule has 0 unspecified atom stereocenters. The highest BCUT2D eigenvalue weighted by molar-refractivity contribution is 5.86. The van der Waals surface area contributed by atoms with Crippen LogP contribution in [-0.4, -0.2) is 74.2 Å². The maximum absolute atomic E-state index is 13.7. The number of nitrogens with one attached hydrogen (secondary N) is 1. The van der Waals surface area contributed by atoms with Crippen LogP contribution >= 0.6 is 0 Å². The summed E-state index contributed by atoms with van der Waals surface area (Å²) in [6, 6.07) is 13.8. The zero-order chi connectivity index (χ0) is 26.2. The highest BCUT2D eigenvalue weighted by Crippen LogP contribution is 2.29. The smallest absolute Gasteiger partial charge is 0.242 e. The van der Waals surface area contributed by atoms with Gasteiger partial charge in [0.1, 0.15) is 0 Å². The molecule has 8 nitrogen and oxygen atoms in total. The average Bonchev–Trinajstić information content (AvgIpc) is 3.30. The fourth-order valence-corrected chi connectivity index (χ4v) is 4.73. The van der Waals surface area contributed by atoms with Crippen LogP contribution in [0.3, 0.4) is 0 Å². The molecule has 1 aliphatic carbocycles. The lowest BCUT2D eigenvalue weighted by molar-refractivity contribution is -0.145. The number of H-pyrrole nitrogens is 1. The lowest BCUT2D eigenvalue weighted by Gasteiger charge is -2.33. The molecule has 1 fully saturated rings. The normalized spacial score (nSPS) is 13.3. The Kier molecular flexibility index (Phi) is 9.06. The van der Waals surface area contributed by atoms with Crippen molar-refractivity contribution >= 4 is 22.7 Å². The van der Waals surface area contributed by atoms with Gasteiger partial charge in [0.25, 0.3) is 0 Å². The summed E-state index contributed by atoms with van der Waals surface area (Å²) in [4.78, 5) is 33.6. The number of benzene rings is 2. The summed E-state index contributed by atoms with van der Waals surface area (Å²) in [6.45, 7) is 1.77. The van der Waals surface area contributed by atoms with Crippen LogP contribution < -0.4 is 9.47 Å². The van der Waals surface area contributed by atoms with E-state index >= 15 is 0 Å². The molecule has 1 aromatic heterocycles. The number of aromatic nitrogens is 1. The van der Waals surface area contributed by atoms with E-state index in [4.69, 9.17) is 14.2 Å². The van der Waals surface area contributed by atoms with Crippen molar-refractivity contribution < 1.29 is 23.8 Å². The van der Waals surface area contributed by atoms with Gasteiger partial charge in [0.2, 0.25) is 11.8 Å². The van der Waals surface area contributed by atoms with Crippen LogP contribution in [-0.2, 0) is 27.3 Å². The molecule has 198 valence electrons. The van der Waals surface area contributed by atoms with Crippen molar-refractivity contribution in [2.45, 2.75) is 32.2 Å². The topological polar surface area (TPSA) is 84.1 Å². The first-order chi connectivity index (χ1) is 18.0. The Balaban J connectivity index is 1.54. The van der Waals surface area contributed by atoms with Crippen molar-refractivity contribution in [3.05, 3.63) is 59.8 Å². The molecule has 1 N–H and O–H groups in total. The van der Waals surface area contributed by atoms with E-state index in [9.17, 15) is 9.59 Å². The van der Waals surface area contributed by atoms with Crippen molar-refractivity contribution in [1.82, 2.24) is 14.8 Å². The number of ether oxygens (including phenoxy) is 3. The Bertz CT molecular complexity index is 1200. The number of carbonyl (C=O) groups excluding carboxylic acids is 2. The molecular formula is C29H37N3O5. The van der Waals surface area contributed by atoms with Gasteiger partial charge >= 0.3 is 0 Å². The molecule has 4 rings (SSSR count). The van der Waals surface area contributed by atoms with E-state index in [1.54, 1.807) is 26.2 Å². The number of para-hydroxylation sites is 1. The highest BCUT2D eigenvalue weighted by Gasteiger charge is 2.31. The second kappa shape index (κ2) is 12.6. The number of hydrogen-bond acceptors (Lipinski definition) is 5. The van der Waals surface area contributed by atoms with Crippen molar-refractivity contribution in [3.8, 4) is 11.5 Å². The van der Waals surface area contributed by atoms with Crippen LogP contribution in [0, 0.1) is 5.92 Å². The van der Waals surface area contributed by atoms with Crippen LogP contribution in [0.2, 0.25) is 0 Å². The summed E-state index contributed by atoms with van der Waals surface area (Å²) in [5, 5.41) is 1.16. The van der Waals surface area contributed by atoms with Gasteiger partial charge in [0, 0.05) is 49.8 Å². The maximum Gasteiger partial charge on any atom is 0.242 e. The zero-order valence-corrected chi connectivity index (χ0v) is 22.0. The fraction of sp³-hybridized carbons (Fsp3) is 0.448. The maximum atomic E-state index is 13.7. The third kappa shape index (κ3) is 6.43. The fourth-order valence-electron chi connectivity index (χ4n) is 4.73. The summed E-state index contributed by atoms with van der Waals surface area (Å²) >= 11 is 0. The molecule has 8 heteroatoms. The lowest BCUT2D eigenvalue weighted by Crippen LogP contribution is -2.47. The molecule has 0 spiro atoms. The molecule has 37 heavy (non-hydrogen) atoms. The zero-order valence-electron chi connectivity index (χ0n) is 22.0. The summed E-state index contributed by atoms with van der Waals surface area (Å²) in [5.41, 5.74) is 3.16. The number of carbonyl (C=O) groups is 2. The molecule has 0 bridgehead atoms. The van der Waals surface area contributed by atoms with Crippen LogP contribution in [0.1, 0.15) is 30.4 Å². The minimum Gasteiger partial charge on any atom is -0.493 e. The van der Waals surface area contributed by atoms with E-state index < -0.39 is 0 Å². The summed E-state index contributed by atoms with van der Waals surface area (Å²) < 4.78 is 16.1. The van der Waals surface area contributed by atoms with Gasteiger partial charge < -0.3 is 29.0 Å². The SMILES string of the molecule is COCCN(CC(=O)N(CCc1c[nH]c2ccccc12)Cc1ccc(OC)c(OC)c1)C(=O)C1CCC1. The molecular weight excluding hydrogens is 470 g/mol. The molecule has 0 saturated heterocycles. The first-order valence-corrected chi connectivity index (χ1v) is 12.9. The van der Waals surface area contributed by atoms with Crippen LogP contribution in [0.15, 0.2) is 48.7 Å². The van der Waals surface area contributed by atoms with Gasteiger partial charge in [-0.15, -0.1) is 0 Å². The van der Waals surface area contributed by atoms with Crippen LogP contribution in [0.5, 0.6) is 11.5 Å². The summed E-state index contributed by atoms with van der Waals surface area (Å²) in [7, 11) is 4.81. The molecule has 0 radical (unpaired) electrons. The molecule has 2 aromatic carbocycles. The number of rotatable bonds is 13. The quantitative estimate of drug-likeness (QED) is 0.378. The van der Waals surface area contributed by atoms with Gasteiger partial charge in [0.15, 0.2) is 11.5 Å². The average molecular weight is 508 g/mol. The minimum atomic E-state index is -0.0848. The molecule has 0 atom stereocenters. The molecule has 2 amide bonds. The van der Waals surface area contributed by atoms with E-state index in [2.05, 4.69) is 11.1 Å². The van der Waals surface area contributed by atoms with Gasteiger partial charge in [-0.25, -0.2) is 0 Å². The lowest BCUT2D eigenvalue weighted by atomic mass is 9.84. The number of aromatic amines is 1. The van der Waals surface area contributed by atoms with E-state index in [-0.39, 0.29) is 24.3 Å². The number of amides is 2. The van der Waals surface area contributed by atoms with E-state index in [1.165, 1.54) is 0 Å². The first-order valence-electron chi connectivity index (χ1n) is 12.9. The Morgan fingerprint density at radius 3 is 2.46 bits per heavy atom. The standard InChI is InChI=1S/C29H37N3O5/c1-35-16-15-32(29(34)22-7-6-8-22)20-28(33)31(19-21-11-12-26(36-2)27(17-21)37-3)14-13-23-18-30-25-10-5-4-9-24(23)25/h4-5,9-12,17-18,22,30H,6-8,13-16,19-20H2,1-3H3. The molecule has 1 aliphatic rings.